The number of nitrogens with zero attached hydrogens (tertiary/aromatic N) is 1. The van der Waals surface area contributed by atoms with E-state index in [2.05, 4.69) is 0 Å². The van der Waals surface area contributed by atoms with Crippen LogP contribution in [0.1, 0.15) is 22.0 Å². The van der Waals surface area contributed by atoms with Crippen LogP contribution < -0.4 is 0 Å². The maximum absolute atomic E-state index is 13.7. The summed E-state index contributed by atoms with van der Waals surface area (Å²) in [5.41, 5.74) is 1.15. The molecule has 1 aliphatic heterocycles. The van der Waals surface area contributed by atoms with E-state index < -0.39 is 5.82 Å². The molecule has 0 N–H and O–H groups in total. The molecule has 0 aromatic heterocycles. The summed E-state index contributed by atoms with van der Waals surface area (Å²) in [6.45, 7) is 1.38. The number of rotatable bonds is 2. The van der Waals surface area contributed by atoms with Crippen LogP contribution in [0.3, 0.4) is 0 Å². The molecule has 1 saturated heterocycles. The highest BCUT2D eigenvalue weighted by Gasteiger charge is 2.27. The number of ether oxygens (including phenoxy) is 1. The third-order valence-electron chi connectivity index (χ3n) is 3.63. The van der Waals surface area contributed by atoms with Crippen molar-refractivity contribution < 1.29 is 13.9 Å². The molecule has 0 aliphatic carbocycles. The molecular formula is C17H16FNO2. The van der Waals surface area contributed by atoms with E-state index in [9.17, 15) is 9.18 Å². The lowest BCUT2D eigenvalue weighted by Gasteiger charge is -2.33. The third-order valence-corrected chi connectivity index (χ3v) is 3.63. The van der Waals surface area contributed by atoms with Gasteiger partial charge < -0.3 is 9.64 Å². The lowest BCUT2D eigenvalue weighted by molar-refractivity contribution is -0.0229. The number of morpholine rings is 1. The Morgan fingerprint density at radius 2 is 1.81 bits per heavy atom. The lowest BCUT2D eigenvalue weighted by atomic mass is 10.1. The van der Waals surface area contributed by atoms with E-state index in [0.29, 0.717) is 19.7 Å². The van der Waals surface area contributed by atoms with E-state index in [1.807, 2.05) is 30.3 Å². The highest BCUT2D eigenvalue weighted by Crippen LogP contribution is 2.23. The summed E-state index contributed by atoms with van der Waals surface area (Å²) in [5.74, 6) is -0.761. The largest absolute Gasteiger partial charge is 0.370 e. The number of hydrogen-bond acceptors (Lipinski definition) is 2. The monoisotopic (exact) mass is 285 g/mol. The Morgan fingerprint density at radius 1 is 1.10 bits per heavy atom. The molecule has 0 saturated carbocycles. The first-order valence-electron chi connectivity index (χ1n) is 6.96. The smallest absolute Gasteiger partial charge is 0.257 e. The van der Waals surface area contributed by atoms with Gasteiger partial charge in [0.25, 0.3) is 5.91 Å². The number of carbonyl (C=O) groups is 1. The van der Waals surface area contributed by atoms with E-state index in [1.165, 1.54) is 12.1 Å². The molecule has 0 radical (unpaired) electrons. The van der Waals surface area contributed by atoms with E-state index in [0.717, 1.165) is 5.56 Å². The summed E-state index contributed by atoms with van der Waals surface area (Å²) in [6.07, 6.45) is -0.157. The lowest BCUT2D eigenvalue weighted by Crippen LogP contribution is -2.42. The number of benzene rings is 2. The van der Waals surface area contributed by atoms with Crippen molar-refractivity contribution in [1.29, 1.82) is 0 Å². The first-order chi connectivity index (χ1) is 10.3. The second-order valence-electron chi connectivity index (χ2n) is 5.00. The van der Waals surface area contributed by atoms with Gasteiger partial charge in [-0.15, -0.1) is 0 Å². The standard InChI is InChI=1S/C17H16FNO2/c18-15-9-5-4-8-14(15)17(20)19-10-11-21-16(12-19)13-6-2-1-3-7-13/h1-9,16H,10-12H2/t16-/m0/s1. The minimum absolute atomic E-state index is 0.117. The van der Waals surface area contributed by atoms with Gasteiger partial charge in [0, 0.05) is 6.54 Å². The summed E-state index contributed by atoms with van der Waals surface area (Å²) in [6, 6.07) is 15.8. The molecule has 2 aromatic carbocycles. The first-order valence-corrected chi connectivity index (χ1v) is 6.96. The summed E-state index contributed by atoms with van der Waals surface area (Å²) < 4.78 is 19.5. The Morgan fingerprint density at radius 3 is 2.57 bits per heavy atom. The molecule has 4 heteroatoms. The van der Waals surface area contributed by atoms with E-state index >= 15 is 0 Å². The normalized spacial score (nSPS) is 18.5. The number of hydrogen-bond donors (Lipinski definition) is 0. The Balaban J connectivity index is 1.77. The fraction of sp³-hybridized carbons (Fsp3) is 0.235. The fourth-order valence-corrected chi connectivity index (χ4v) is 2.51. The molecule has 0 unspecified atom stereocenters. The molecule has 0 bridgehead atoms. The maximum Gasteiger partial charge on any atom is 0.257 e. The van der Waals surface area contributed by atoms with Gasteiger partial charge >= 0.3 is 0 Å². The maximum atomic E-state index is 13.7. The van der Waals surface area contributed by atoms with Gasteiger partial charge in [0.05, 0.1) is 18.7 Å². The van der Waals surface area contributed by atoms with Gasteiger partial charge in [-0.2, -0.15) is 0 Å². The number of carbonyl (C=O) groups excluding carboxylic acids is 1. The molecule has 1 atom stereocenters. The zero-order chi connectivity index (χ0) is 14.7. The Bertz CT molecular complexity index is 630. The van der Waals surface area contributed by atoms with Crippen LogP contribution in [0.15, 0.2) is 54.6 Å². The quantitative estimate of drug-likeness (QED) is 0.849. The van der Waals surface area contributed by atoms with Gasteiger partial charge in [-0.05, 0) is 17.7 Å². The van der Waals surface area contributed by atoms with Gasteiger partial charge in [0.2, 0.25) is 0 Å². The van der Waals surface area contributed by atoms with Crippen LogP contribution in [0.25, 0.3) is 0 Å². The first kappa shape index (κ1) is 13.8. The van der Waals surface area contributed by atoms with E-state index in [1.54, 1.807) is 17.0 Å². The molecule has 108 valence electrons. The zero-order valence-corrected chi connectivity index (χ0v) is 11.5. The van der Waals surface area contributed by atoms with Crippen LogP contribution in [0.5, 0.6) is 0 Å². The zero-order valence-electron chi connectivity index (χ0n) is 11.5. The molecule has 1 heterocycles. The number of amides is 1. The Labute approximate surface area is 123 Å². The predicted molar refractivity (Wildman–Crippen MR) is 77.4 cm³/mol. The van der Waals surface area contributed by atoms with Crippen molar-refractivity contribution in [2.45, 2.75) is 6.10 Å². The van der Waals surface area contributed by atoms with Crippen LogP contribution in [-0.2, 0) is 4.74 Å². The van der Waals surface area contributed by atoms with Crippen molar-refractivity contribution in [3.63, 3.8) is 0 Å². The Kier molecular flexibility index (Phi) is 3.97. The minimum Gasteiger partial charge on any atom is -0.370 e. The van der Waals surface area contributed by atoms with Crippen LogP contribution in [0.2, 0.25) is 0 Å². The molecule has 0 spiro atoms. The van der Waals surface area contributed by atoms with Gasteiger partial charge in [0.1, 0.15) is 11.9 Å². The highest BCUT2D eigenvalue weighted by atomic mass is 19.1. The minimum atomic E-state index is -0.481. The summed E-state index contributed by atoms with van der Waals surface area (Å²) >= 11 is 0. The van der Waals surface area contributed by atoms with E-state index in [-0.39, 0.29) is 17.6 Å². The molecular weight excluding hydrogens is 269 g/mol. The molecule has 21 heavy (non-hydrogen) atoms. The topological polar surface area (TPSA) is 29.5 Å². The predicted octanol–water partition coefficient (Wildman–Crippen LogP) is 3.04. The van der Waals surface area contributed by atoms with Gasteiger partial charge in [0.15, 0.2) is 0 Å². The van der Waals surface area contributed by atoms with E-state index in [4.69, 9.17) is 4.74 Å². The van der Waals surface area contributed by atoms with Gasteiger partial charge in [-0.1, -0.05) is 42.5 Å². The average Bonchev–Trinajstić information content (AvgIpc) is 2.56. The molecule has 1 amide bonds. The molecule has 2 aromatic rings. The number of halogens is 1. The van der Waals surface area contributed by atoms with Crippen LogP contribution >= 0.6 is 0 Å². The van der Waals surface area contributed by atoms with Gasteiger partial charge in [-0.25, -0.2) is 4.39 Å². The molecule has 3 rings (SSSR count). The molecule has 3 nitrogen and oxygen atoms in total. The summed E-state index contributed by atoms with van der Waals surface area (Å²) in [4.78, 5) is 14.1. The van der Waals surface area contributed by atoms with Crippen LogP contribution in [0.4, 0.5) is 4.39 Å². The fourth-order valence-electron chi connectivity index (χ4n) is 2.51. The van der Waals surface area contributed by atoms with Gasteiger partial charge in [-0.3, -0.25) is 4.79 Å². The second kappa shape index (κ2) is 6.06. The van der Waals surface area contributed by atoms with Crippen molar-refractivity contribution in [2.75, 3.05) is 19.7 Å². The second-order valence-corrected chi connectivity index (χ2v) is 5.00. The highest BCUT2D eigenvalue weighted by molar-refractivity contribution is 5.94. The summed E-state index contributed by atoms with van der Waals surface area (Å²) in [7, 11) is 0. The third kappa shape index (κ3) is 2.95. The molecule has 1 aliphatic rings. The summed E-state index contributed by atoms with van der Waals surface area (Å²) in [5, 5.41) is 0. The Hall–Kier alpha value is -2.20. The van der Waals surface area contributed by atoms with Crippen molar-refractivity contribution in [3.8, 4) is 0 Å². The SMILES string of the molecule is O=C(c1ccccc1F)N1CCO[C@H](c2ccccc2)C1. The van der Waals surface area contributed by atoms with Crippen molar-refractivity contribution >= 4 is 5.91 Å². The van der Waals surface area contributed by atoms with Crippen molar-refractivity contribution in [1.82, 2.24) is 4.90 Å². The average molecular weight is 285 g/mol. The molecule has 1 fully saturated rings. The van der Waals surface area contributed by atoms with Crippen molar-refractivity contribution in [2.24, 2.45) is 0 Å². The van der Waals surface area contributed by atoms with Crippen molar-refractivity contribution in [3.05, 3.63) is 71.5 Å². The van der Waals surface area contributed by atoms with Crippen LogP contribution in [0, 0.1) is 5.82 Å². The van der Waals surface area contributed by atoms with Crippen LogP contribution in [-0.4, -0.2) is 30.5 Å².